The third-order valence-corrected chi connectivity index (χ3v) is 2.05. The van der Waals surface area contributed by atoms with Crippen LogP contribution in [0.3, 0.4) is 0 Å². The van der Waals surface area contributed by atoms with E-state index in [4.69, 9.17) is 15.9 Å². The van der Waals surface area contributed by atoms with E-state index in [1.54, 1.807) is 6.26 Å². The van der Waals surface area contributed by atoms with E-state index >= 15 is 0 Å². The smallest absolute Gasteiger partial charge is 0.164 e. The highest BCUT2D eigenvalue weighted by Crippen LogP contribution is 2.22. The van der Waals surface area contributed by atoms with Crippen molar-refractivity contribution >= 4 is 11.5 Å². The van der Waals surface area contributed by atoms with Crippen LogP contribution in [-0.4, -0.2) is 12.6 Å². The highest BCUT2D eigenvalue weighted by molar-refractivity contribution is 6.00. The van der Waals surface area contributed by atoms with E-state index in [2.05, 4.69) is 0 Å². The van der Waals surface area contributed by atoms with Crippen molar-refractivity contribution in [3.8, 4) is 0 Å². The number of benzene rings is 1. The van der Waals surface area contributed by atoms with Gasteiger partial charge in [0.25, 0.3) is 0 Å². The standard InChI is InChI=1S/C10H11N3O/c11-10(12)8-3-1-2-4-9(8)13-5-6-14-7-13/h1-6H,7H2,(H3,11,12). The topological polar surface area (TPSA) is 62.3 Å². The molecular weight excluding hydrogens is 178 g/mol. The summed E-state index contributed by atoms with van der Waals surface area (Å²) < 4.78 is 5.08. The summed E-state index contributed by atoms with van der Waals surface area (Å²) >= 11 is 0. The molecule has 0 spiro atoms. The Hall–Kier alpha value is -1.97. The Labute approximate surface area is 82.1 Å². The molecule has 1 aromatic rings. The van der Waals surface area contributed by atoms with E-state index in [0.717, 1.165) is 11.3 Å². The van der Waals surface area contributed by atoms with Crippen molar-refractivity contribution in [1.82, 2.24) is 0 Å². The molecule has 1 heterocycles. The molecule has 0 fully saturated rings. The molecule has 0 saturated heterocycles. The normalized spacial score (nSPS) is 14.1. The predicted octanol–water partition coefficient (Wildman–Crippen LogP) is 1.24. The number of para-hydroxylation sites is 1. The average molecular weight is 189 g/mol. The molecule has 0 unspecified atom stereocenters. The van der Waals surface area contributed by atoms with Crippen molar-refractivity contribution in [2.24, 2.45) is 5.73 Å². The number of amidine groups is 1. The minimum Gasteiger partial charge on any atom is -0.479 e. The van der Waals surface area contributed by atoms with E-state index in [-0.39, 0.29) is 5.84 Å². The number of rotatable bonds is 2. The quantitative estimate of drug-likeness (QED) is 0.543. The lowest BCUT2D eigenvalue weighted by atomic mass is 10.1. The number of nitrogens with two attached hydrogens (primary N) is 1. The van der Waals surface area contributed by atoms with Crippen LogP contribution in [0.4, 0.5) is 5.69 Å². The van der Waals surface area contributed by atoms with Gasteiger partial charge in [-0.05, 0) is 12.1 Å². The Balaban J connectivity index is 2.40. The molecule has 3 N–H and O–H groups in total. The molecule has 1 aliphatic rings. The maximum Gasteiger partial charge on any atom is 0.164 e. The molecule has 72 valence electrons. The van der Waals surface area contributed by atoms with Gasteiger partial charge in [0, 0.05) is 11.8 Å². The van der Waals surface area contributed by atoms with Gasteiger partial charge in [0.1, 0.15) is 12.1 Å². The predicted molar refractivity (Wildman–Crippen MR) is 55.0 cm³/mol. The number of ether oxygens (including phenoxy) is 1. The molecule has 0 aromatic heterocycles. The molecule has 4 heteroatoms. The van der Waals surface area contributed by atoms with Crippen LogP contribution in [0.1, 0.15) is 5.56 Å². The summed E-state index contributed by atoms with van der Waals surface area (Å²) in [6, 6.07) is 7.51. The van der Waals surface area contributed by atoms with Crippen molar-refractivity contribution < 1.29 is 4.74 Å². The van der Waals surface area contributed by atoms with Crippen molar-refractivity contribution in [2.45, 2.75) is 0 Å². The largest absolute Gasteiger partial charge is 0.479 e. The molecule has 2 rings (SSSR count). The Morgan fingerprint density at radius 2 is 2.21 bits per heavy atom. The first-order chi connectivity index (χ1) is 6.79. The van der Waals surface area contributed by atoms with Crippen molar-refractivity contribution in [2.75, 3.05) is 11.6 Å². The van der Waals surface area contributed by atoms with Crippen LogP contribution < -0.4 is 10.6 Å². The number of nitrogen functional groups attached to an aromatic ring is 1. The first-order valence-electron chi connectivity index (χ1n) is 4.27. The third-order valence-electron chi connectivity index (χ3n) is 2.05. The van der Waals surface area contributed by atoms with E-state index in [0.29, 0.717) is 6.73 Å². The zero-order valence-electron chi connectivity index (χ0n) is 7.60. The lowest BCUT2D eigenvalue weighted by Gasteiger charge is -2.17. The first-order valence-corrected chi connectivity index (χ1v) is 4.27. The highest BCUT2D eigenvalue weighted by atomic mass is 16.5. The van der Waals surface area contributed by atoms with Crippen LogP contribution in [-0.2, 0) is 4.74 Å². The second-order valence-electron chi connectivity index (χ2n) is 2.98. The van der Waals surface area contributed by atoms with Crippen LogP contribution in [0.15, 0.2) is 36.7 Å². The molecular formula is C10H11N3O. The van der Waals surface area contributed by atoms with Gasteiger partial charge in [0.15, 0.2) is 6.73 Å². The molecule has 0 radical (unpaired) electrons. The average Bonchev–Trinajstić information content (AvgIpc) is 2.70. The Bertz CT molecular complexity index is 387. The number of hydrogen-bond donors (Lipinski definition) is 2. The Morgan fingerprint density at radius 1 is 1.43 bits per heavy atom. The summed E-state index contributed by atoms with van der Waals surface area (Å²) in [4.78, 5) is 1.90. The van der Waals surface area contributed by atoms with E-state index in [9.17, 15) is 0 Å². The van der Waals surface area contributed by atoms with Gasteiger partial charge in [-0.3, -0.25) is 5.41 Å². The summed E-state index contributed by atoms with van der Waals surface area (Å²) in [7, 11) is 0. The molecule has 0 aliphatic carbocycles. The molecule has 0 atom stereocenters. The maximum absolute atomic E-state index is 7.43. The first kappa shape index (κ1) is 8.62. The summed E-state index contributed by atoms with van der Waals surface area (Å²) in [5.41, 5.74) is 7.10. The van der Waals surface area contributed by atoms with E-state index < -0.39 is 0 Å². The van der Waals surface area contributed by atoms with Crippen LogP contribution in [0.2, 0.25) is 0 Å². The molecule has 14 heavy (non-hydrogen) atoms. The van der Waals surface area contributed by atoms with E-state index in [1.807, 2.05) is 35.4 Å². The van der Waals surface area contributed by atoms with Gasteiger partial charge in [-0.15, -0.1) is 0 Å². The van der Waals surface area contributed by atoms with Gasteiger partial charge >= 0.3 is 0 Å². The van der Waals surface area contributed by atoms with Crippen LogP contribution in [0.5, 0.6) is 0 Å². The van der Waals surface area contributed by atoms with Crippen molar-refractivity contribution in [1.29, 1.82) is 5.41 Å². The summed E-state index contributed by atoms with van der Waals surface area (Å²) in [6.45, 7) is 0.476. The fourth-order valence-electron chi connectivity index (χ4n) is 1.38. The lowest BCUT2D eigenvalue weighted by Crippen LogP contribution is -2.20. The molecule has 1 aromatic carbocycles. The van der Waals surface area contributed by atoms with Crippen LogP contribution >= 0.6 is 0 Å². The van der Waals surface area contributed by atoms with Gasteiger partial charge in [0.05, 0.1) is 5.69 Å². The van der Waals surface area contributed by atoms with E-state index in [1.165, 1.54) is 0 Å². The highest BCUT2D eigenvalue weighted by Gasteiger charge is 2.12. The molecule has 4 nitrogen and oxygen atoms in total. The number of nitrogens with one attached hydrogen (secondary N) is 1. The third kappa shape index (κ3) is 1.42. The van der Waals surface area contributed by atoms with Gasteiger partial charge in [-0.1, -0.05) is 12.1 Å². The minimum atomic E-state index is 0.0703. The SMILES string of the molecule is N=C(N)c1ccccc1N1C=COC1. The summed E-state index contributed by atoms with van der Waals surface area (Å²) in [5, 5.41) is 7.43. The zero-order chi connectivity index (χ0) is 9.97. The fraction of sp³-hybridized carbons (Fsp3) is 0.100. The zero-order valence-corrected chi connectivity index (χ0v) is 7.60. The molecule has 0 saturated carbocycles. The summed E-state index contributed by atoms with van der Waals surface area (Å²) in [5.74, 6) is 0.0703. The monoisotopic (exact) mass is 189 g/mol. The summed E-state index contributed by atoms with van der Waals surface area (Å²) in [6.07, 6.45) is 3.44. The molecule has 0 bridgehead atoms. The van der Waals surface area contributed by atoms with Gasteiger partial charge in [-0.2, -0.15) is 0 Å². The lowest BCUT2D eigenvalue weighted by molar-refractivity contribution is 0.282. The maximum atomic E-state index is 7.43. The van der Waals surface area contributed by atoms with Gasteiger partial charge < -0.3 is 15.4 Å². The Kier molecular flexibility index (Phi) is 2.10. The second-order valence-corrected chi connectivity index (χ2v) is 2.98. The molecule has 0 amide bonds. The number of anilines is 1. The minimum absolute atomic E-state index is 0.0703. The Morgan fingerprint density at radius 3 is 2.86 bits per heavy atom. The van der Waals surface area contributed by atoms with Gasteiger partial charge in [0.2, 0.25) is 0 Å². The second kappa shape index (κ2) is 3.41. The van der Waals surface area contributed by atoms with Gasteiger partial charge in [-0.25, -0.2) is 0 Å². The van der Waals surface area contributed by atoms with Crippen molar-refractivity contribution in [3.63, 3.8) is 0 Å². The number of hydrogen-bond acceptors (Lipinski definition) is 3. The molecule has 1 aliphatic heterocycles. The van der Waals surface area contributed by atoms with Crippen molar-refractivity contribution in [3.05, 3.63) is 42.3 Å². The number of nitrogens with zero attached hydrogens (tertiary/aromatic N) is 1. The fourth-order valence-corrected chi connectivity index (χ4v) is 1.38. The van der Waals surface area contributed by atoms with Crippen LogP contribution in [0, 0.1) is 5.41 Å². The van der Waals surface area contributed by atoms with Crippen LogP contribution in [0.25, 0.3) is 0 Å².